The zero-order valence-corrected chi connectivity index (χ0v) is 13.0. The minimum absolute atomic E-state index is 0.0769. The van der Waals surface area contributed by atoms with Crippen molar-refractivity contribution < 1.29 is 9.59 Å². The number of hydrogen-bond donors (Lipinski definition) is 1. The van der Waals surface area contributed by atoms with E-state index in [1.807, 2.05) is 6.92 Å². The summed E-state index contributed by atoms with van der Waals surface area (Å²) in [5, 5.41) is 0.459. The van der Waals surface area contributed by atoms with Crippen LogP contribution in [0.15, 0.2) is 22.7 Å². The number of benzene rings is 1. The van der Waals surface area contributed by atoms with Crippen LogP contribution in [-0.4, -0.2) is 29.8 Å². The molecule has 2 amide bonds. The molecule has 0 aliphatic rings. The molecule has 0 aromatic heterocycles. The van der Waals surface area contributed by atoms with Gasteiger partial charge in [-0.15, -0.1) is 0 Å². The third-order valence-corrected chi connectivity index (χ3v) is 3.81. The Hall–Kier alpha value is -1.07. The largest absolute Gasteiger partial charge is 0.368 e. The quantitative estimate of drug-likeness (QED) is 0.860. The number of unbranched alkanes of at least 4 members (excludes halogenated alkanes) is 1. The molecule has 0 heterocycles. The molecule has 0 fully saturated rings. The molecule has 0 bridgehead atoms. The van der Waals surface area contributed by atoms with Gasteiger partial charge in [0.15, 0.2) is 0 Å². The third kappa shape index (κ3) is 4.84. The van der Waals surface area contributed by atoms with E-state index in [4.69, 9.17) is 17.3 Å². The van der Waals surface area contributed by atoms with Gasteiger partial charge < -0.3 is 10.6 Å². The third-order valence-electron chi connectivity index (χ3n) is 2.58. The molecule has 19 heavy (non-hydrogen) atoms. The summed E-state index contributed by atoms with van der Waals surface area (Å²) in [6, 6.07) is 4.95. The molecule has 0 saturated carbocycles. The van der Waals surface area contributed by atoms with Gasteiger partial charge in [0.25, 0.3) is 5.91 Å². The Labute approximate surface area is 126 Å². The van der Waals surface area contributed by atoms with Crippen molar-refractivity contribution in [3.05, 3.63) is 33.3 Å². The average molecular weight is 348 g/mol. The standard InChI is InChI=1S/C13H16BrClN2O2/c1-2-3-6-17(8-12(16)18)13(19)9-4-5-10(14)11(15)7-9/h4-5,7H,2-3,6,8H2,1H3,(H2,16,18). The lowest BCUT2D eigenvalue weighted by molar-refractivity contribution is -0.118. The summed E-state index contributed by atoms with van der Waals surface area (Å²) in [5.74, 6) is -0.755. The fraction of sp³-hybridized carbons (Fsp3) is 0.385. The molecule has 1 aromatic carbocycles. The molecule has 0 aliphatic carbocycles. The predicted octanol–water partition coefficient (Wildman–Crippen LogP) is 2.83. The second-order valence-electron chi connectivity index (χ2n) is 4.18. The van der Waals surface area contributed by atoms with Crippen LogP contribution in [0.4, 0.5) is 0 Å². The monoisotopic (exact) mass is 346 g/mol. The molecular formula is C13H16BrClN2O2. The highest BCUT2D eigenvalue weighted by atomic mass is 79.9. The molecule has 0 aliphatic heterocycles. The van der Waals surface area contributed by atoms with Crippen molar-refractivity contribution in [1.29, 1.82) is 0 Å². The second kappa shape index (κ2) is 7.50. The SMILES string of the molecule is CCCCN(CC(N)=O)C(=O)c1ccc(Br)c(Cl)c1. The number of primary amides is 1. The van der Waals surface area contributed by atoms with E-state index in [0.717, 1.165) is 17.3 Å². The van der Waals surface area contributed by atoms with Crippen LogP contribution in [0.1, 0.15) is 30.1 Å². The van der Waals surface area contributed by atoms with Gasteiger partial charge in [-0.25, -0.2) is 0 Å². The van der Waals surface area contributed by atoms with Gasteiger partial charge in [0.1, 0.15) is 0 Å². The molecule has 104 valence electrons. The number of halogens is 2. The molecule has 0 unspecified atom stereocenters. The van der Waals surface area contributed by atoms with Crippen LogP contribution in [0.2, 0.25) is 5.02 Å². The molecular weight excluding hydrogens is 332 g/mol. The van der Waals surface area contributed by atoms with Gasteiger partial charge in [-0.05, 0) is 40.5 Å². The Morgan fingerprint density at radius 3 is 2.63 bits per heavy atom. The van der Waals surface area contributed by atoms with Crippen LogP contribution >= 0.6 is 27.5 Å². The van der Waals surface area contributed by atoms with E-state index in [-0.39, 0.29) is 12.5 Å². The van der Waals surface area contributed by atoms with E-state index < -0.39 is 5.91 Å². The number of carbonyl (C=O) groups excluding carboxylic acids is 2. The van der Waals surface area contributed by atoms with Gasteiger partial charge >= 0.3 is 0 Å². The van der Waals surface area contributed by atoms with Crippen LogP contribution in [0, 0.1) is 0 Å². The maximum absolute atomic E-state index is 12.3. The Morgan fingerprint density at radius 2 is 2.11 bits per heavy atom. The first-order valence-corrected chi connectivity index (χ1v) is 7.15. The molecule has 1 aromatic rings. The van der Waals surface area contributed by atoms with Crippen LogP contribution in [-0.2, 0) is 4.79 Å². The van der Waals surface area contributed by atoms with E-state index in [9.17, 15) is 9.59 Å². The molecule has 0 spiro atoms. The first-order chi connectivity index (χ1) is 8.95. The lowest BCUT2D eigenvalue weighted by Gasteiger charge is -2.21. The summed E-state index contributed by atoms with van der Waals surface area (Å²) < 4.78 is 0.723. The van der Waals surface area contributed by atoms with Crippen LogP contribution in [0.5, 0.6) is 0 Å². The summed E-state index contributed by atoms with van der Waals surface area (Å²) in [6.45, 7) is 2.45. The van der Waals surface area contributed by atoms with Gasteiger partial charge in [0.2, 0.25) is 5.91 Å². The van der Waals surface area contributed by atoms with Crippen LogP contribution < -0.4 is 5.73 Å². The van der Waals surface area contributed by atoms with Crippen LogP contribution in [0.3, 0.4) is 0 Å². The zero-order valence-electron chi connectivity index (χ0n) is 10.7. The van der Waals surface area contributed by atoms with E-state index in [1.165, 1.54) is 4.90 Å². The predicted molar refractivity (Wildman–Crippen MR) is 79.2 cm³/mol. The van der Waals surface area contributed by atoms with Crippen molar-refractivity contribution in [3.63, 3.8) is 0 Å². The highest BCUT2D eigenvalue weighted by molar-refractivity contribution is 9.10. The van der Waals surface area contributed by atoms with E-state index in [1.54, 1.807) is 18.2 Å². The number of hydrogen-bond acceptors (Lipinski definition) is 2. The maximum atomic E-state index is 12.3. The Kier molecular flexibility index (Phi) is 6.31. The Bertz CT molecular complexity index is 480. The Morgan fingerprint density at radius 1 is 1.42 bits per heavy atom. The summed E-state index contributed by atoms with van der Waals surface area (Å²) in [5.41, 5.74) is 5.62. The maximum Gasteiger partial charge on any atom is 0.254 e. The highest BCUT2D eigenvalue weighted by Crippen LogP contribution is 2.23. The van der Waals surface area contributed by atoms with E-state index >= 15 is 0 Å². The van der Waals surface area contributed by atoms with E-state index in [0.29, 0.717) is 17.1 Å². The topological polar surface area (TPSA) is 63.4 Å². The van der Waals surface area contributed by atoms with Crippen molar-refractivity contribution in [2.24, 2.45) is 5.73 Å². The van der Waals surface area contributed by atoms with Gasteiger partial charge in [0, 0.05) is 16.6 Å². The van der Waals surface area contributed by atoms with Crippen molar-refractivity contribution >= 4 is 39.3 Å². The molecule has 0 atom stereocenters. The first-order valence-electron chi connectivity index (χ1n) is 5.98. The highest BCUT2D eigenvalue weighted by Gasteiger charge is 2.17. The molecule has 1 rings (SSSR count). The lowest BCUT2D eigenvalue weighted by Crippen LogP contribution is -2.39. The summed E-state index contributed by atoms with van der Waals surface area (Å²) >= 11 is 9.23. The number of carbonyl (C=O) groups is 2. The zero-order chi connectivity index (χ0) is 14.4. The number of nitrogens with zero attached hydrogens (tertiary/aromatic N) is 1. The van der Waals surface area contributed by atoms with Gasteiger partial charge in [0.05, 0.1) is 11.6 Å². The first kappa shape index (κ1) is 16.0. The fourth-order valence-electron chi connectivity index (χ4n) is 1.60. The number of amides is 2. The molecule has 0 saturated heterocycles. The van der Waals surface area contributed by atoms with Crippen molar-refractivity contribution in [1.82, 2.24) is 4.90 Å². The van der Waals surface area contributed by atoms with Crippen molar-refractivity contribution in [3.8, 4) is 0 Å². The van der Waals surface area contributed by atoms with E-state index in [2.05, 4.69) is 15.9 Å². The van der Waals surface area contributed by atoms with Crippen molar-refractivity contribution in [2.75, 3.05) is 13.1 Å². The molecule has 2 N–H and O–H groups in total. The van der Waals surface area contributed by atoms with Gasteiger partial charge in [-0.1, -0.05) is 24.9 Å². The van der Waals surface area contributed by atoms with Crippen molar-refractivity contribution in [2.45, 2.75) is 19.8 Å². The average Bonchev–Trinajstić information content (AvgIpc) is 2.36. The smallest absolute Gasteiger partial charge is 0.254 e. The minimum atomic E-state index is -0.521. The number of nitrogens with two attached hydrogens (primary N) is 1. The molecule has 6 heteroatoms. The van der Waals surface area contributed by atoms with Crippen LogP contribution in [0.25, 0.3) is 0 Å². The fourth-order valence-corrected chi connectivity index (χ4v) is 2.03. The molecule has 4 nitrogen and oxygen atoms in total. The number of rotatable bonds is 6. The normalized spacial score (nSPS) is 10.3. The Balaban J connectivity index is 2.90. The summed E-state index contributed by atoms with van der Waals surface area (Å²) in [4.78, 5) is 24.8. The minimum Gasteiger partial charge on any atom is -0.368 e. The second-order valence-corrected chi connectivity index (χ2v) is 5.44. The summed E-state index contributed by atoms with van der Waals surface area (Å²) in [7, 11) is 0. The molecule has 0 radical (unpaired) electrons. The lowest BCUT2D eigenvalue weighted by atomic mass is 10.2. The summed E-state index contributed by atoms with van der Waals surface area (Å²) in [6.07, 6.45) is 1.76. The van der Waals surface area contributed by atoms with Gasteiger partial charge in [-0.2, -0.15) is 0 Å². The van der Waals surface area contributed by atoms with Gasteiger partial charge in [-0.3, -0.25) is 9.59 Å².